The molecule has 218 valence electrons. The molecule has 0 fully saturated rings. The highest BCUT2D eigenvalue weighted by Crippen LogP contribution is 2.19. The Morgan fingerprint density at radius 2 is 1.50 bits per heavy atom. The number of primary amides is 1. The molecule has 10 N–H and O–H groups in total. The largest absolute Gasteiger partial charge is 0.481 e. The molecule has 40 heavy (non-hydrogen) atoms. The van der Waals surface area contributed by atoms with Crippen LogP contribution in [-0.2, 0) is 35.2 Å². The number of carbonyl (C=O) groups is 6. The second kappa shape index (κ2) is 14.6. The average Bonchev–Trinajstić information content (AvgIpc) is 3.29. The lowest BCUT2D eigenvalue weighted by molar-refractivity contribution is -0.144. The van der Waals surface area contributed by atoms with Gasteiger partial charge in [0, 0.05) is 36.4 Å². The summed E-state index contributed by atoms with van der Waals surface area (Å²) in [5.41, 5.74) is 12.5. The highest BCUT2D eigenvalue weighted by atomic mass is 16.4. The van der Waals surface area contributed by atoms with Crippen molar-refractivity contribution < 1.29 is 39.0 Å². The Morgan fingerprint density at radius 1 is 0.875 bits per heavy atom. The van der Waals surface area contributed by atoms with E-state index in [4.69, 9.17) is 16.6 Å². The minimum atomic E-state index is -1.41. The van der Waals surface area contributed by atoms with Crippen LogP contribution in [0.25, 0.3) is 10.9 Å². The molecule has 14 nitrogen and oxygen atoms in total. The molecule has 0 spiro atoms. The van der Waals surface area contributed by atoms with Gasteiger partial charge in [-0.1, -0.05) is 32.0 Å². The first-order valence-electron chi connectivity index (χ1n) is 12.7. The summed E-state index contributed by atoms with van der Waals surface area (Å²) >= 11 is 0. The van der Waals surface area contributed by atoms with Gasteiger partial charge < -0.3 is 42.6 Å². The summed E-state index contributed by atoms with van der Waals surface area (Å²) in [7, 11) is 0. The quantitative estimate of drug-likeness (QED) is 0.130. The van der Waals surface area contributed by atoms with Crippen molar-refractivity contribution in [3.63, 3.8) is 0 Å². The molecule has 1 aromatic carbocycles. The zero-order chi connectivity index (χ0) is 30.0. The smallest absolute Gasteiger partial charge is 0.326 e. The molecule has 14 heteroatoms. The molecular weight excluding hydrogens is 524 g/mol. The highest BCUT2D eigenvalue weighted by molar-refractivity contribution is 5.95. The normalized spacial score (nSPS) is 14.1. The van der Waals surface area contributed by atoms with Gasteiger partial charge in [0.15, 0.2) is 0 Å². The molecule has 2 aromatic rings. The van der Waals surface area contributed by atoms with Crippen molar-refractivity contribution in [2.75, 3.05) is 0 Å². The van der Waals surface area contributed by atoms with Crippen molar-refractivity contribution >= 4 is 46.5 Å². The molecule has 0 aliphatic carbocycles. The van der Waals surface area contributed by atoms with Crippen molar-refractivity contribution in [2.24, 2.45) is 17.4 Å². The SMILES string of the molecule is CC(C)C(NC(=O)C(CCC(=O)O)NC(=O)C(Cc1c[nH]c2ccccc12)NC(=O)C(N)CCC(N)=O)C(=O)O. The number of carboxylic acids is 2. The standard InChI is InChI=1S/C26H36N6O8/c1-13(2)22(26(39)40)32-24(37)18(8-10-21(34)35)30-25(38)19(31-23(36)16(27)7-9-20(28)33)11-14-12-29-17-6-4-3-5-15(14)17/h3-6,12-13,16,18-19,22,29H,7-11,27H2,1-2H3,(H2,28,33)(H,30,38)(H,31,36)(H,32,37)(H,34,35)(H,39,40). The van der Waals surface area contributed by atoms with Gasteiger partial charge in [-0.2, -0.15) is 0 Å². The van der Waals surface area contributed by atoms with Gasteiger partial charge in [0.2, 0.25) is 23.6 Å². The molecule has 4 amide bonds. The van der Waals surface area contributed by atoms with Crippen LogP contribution in [0.1, 0.15) is 45.1 Å². The fourth-order valence-electron chi connectivity index (χ4n) is 4.01. The first-order chi connectivity index (χ1) is 18.8. The lowest BCUT2D eigenvalue weighted by atomic mass is 10.0. The number of carboxylic acid groups (broad SMARTS) is 2. The van der Waals surface area contributed by atoms with Gasteiger partial charge in [-0.05, 0) is 30.4 Å². The number of aliphatic carboxylic acids is 2. The van der Waals surface area contributed by atoms with E-state index in [1.807, 2.05) is 18.2 Å². The van der Waals surface area contributed by atoms with E-state index in [-0.39, 0.29) is 25.7 Å². The molecular formula is C26H36N6O8. The third-order valence-electron chi connectivity index (χ3n) is 6.28. The second-order valence-corrected chi connectivity index (χ2v) is 9.80. The number of amides is 4. The number of rotatable bonds is 16. The molecule has 0 aliphatic rings. The Labute approximate surface area is 230 Å². The van der Waals surface area contributed by atoms with Crippen LogP contribution in [0.3, 0.4) is 0 Å². The highest BCUT2D eigenvalue weighted by Gasteiger charge is 2.32. The van der Waals surface area contributed by atoms with Crippen LogP contribution < -0.4 is 27.4 Å². The minimum absolute atomic E-state index is 0.0266. The van der Waals surface area contributed by atoms with Crippen LogP contribution in [0.4, 0.5) is 0 Å². The van der Waals surface area contributed by atoms with Gasteiger partial charge >= 0.3 is 11.9 Å². The fraction of sp³-hybridized carbons (Fsp3) is 0.462. The van der Waals surface area contributed by atoms with Crippen LogP contribution in [0.15, 0.2) is 30.5 Å². The fourth-order valence-corrected chi connectivity index (χ4v) is 4.01. The third kappa shape index (κ3) is 9.38. The summed E-state index contributed by atoms with van der Waals surface area (Å²) in [6.07, 6.45) is 0.613. The summed E-state index contributed by atoms with van der Waals surface area (Å²) < 4.78 is 0. The molecule has 0 bridgehead atoms. The summed E-state index contributed by atoms with van der Waals surface area (Å²) in [6.45, 7) is 3.16. The minimum Gasteiger partial charge on any atom is -0.481 e. The second-order valence-electron chi connectivity index (χ2n) is 9.80. The number of hydrogen-bond donors (Lipinski definition) is 8. The van der Waals surface area contributed by atoms with Gasteiger partial charge in [-0.25, -0.2) is 4.79 Å². The number of aromatic amines is 1. The third-order valence-corrected chi connectivity index (χ3v) is 6.28. The summed E-state index contributed by atoms with van der Waals surface area (Å²) in [5, 5.41) is 26.7. The van der Waals surface area contributed by atoms with Crippen molar-refractivity contribution in [2.45, 2.75) is 70.1 Å². The van der Waals surface area contributed by atoms with E-state index in [1.54, 1.807) is 26.1 Å². The first-order valence-corrected chi connectivity index (χ1v) is 12.7. The van der Waals surface area contributed by atoms with E-state index < -0.39 is 72.1 Å². The Morgan fingerprint density at radius 3 is 2.10 bits per heavy atom. The molecule has 4 atom stereocenters. The van der Waals surface area contributed by atoms with Gasteiger partial charge in [0.05, 0.1) is 6.04 Å². The average molecular weight is 561 g/mol. The van der Waals surface area contributed by atoms with E-state index in [2.05, 4.69) is 20.9 Å². The Bertz CT molecular complexity index is 1240. The summed E-state index contributed by atoms with van der Waals surface area (Å²) in [4.78, 5) is 76.2. The van der Waals surface area contributed by atoms with Crippen molar-refractivity contribution in [1.82, 2.24) is 20.9 Å². The summed E-state index contributed by atoms with van der Waals surface area (Å²) in [5.74, 6) is -6.10. The lowest BCUT2D eigenvalue weighted by Crippen LogP contribution is -2.58. The van der Waals surface area contributed by atoms with Crippen LogP contribution in [0.5, 0.6) is 0 Å². The monoisotopic (exact) mass is 560 g/mol. The van der Waals surface area contributed by atoms with Gasteiger partial charge in [0.25, 0.3) is 0 Å². The van der Waals surface area contributed by atoms with Crippen molar-refractivity contribution in [1.29, 1.82) is 0 Å². The van der Waals surface area contributed by atoms with E-state index in [1.165, 1.54) is 0 Å². The van der Waals surface area contributed by atoms with Crippen molar-refractivity contribution in [3.05, 3.63) is 36.0 Å². The van der Waals surface area contributed by atoms with E-state index in [9.17, 15) is 33.9 Å². The Hall–Kier alpha value is -4.46. The number of carbonyl (C=O) groups excluding carboxylic acids is 4. The van der Waals surface area contributed by atoms with E-state index >= 15 is 0 Å². The van der Waals surface area contributed by atoms with E-state index in [0.29, 0.717) is 5.56 Å². The molecule has 0 aliphatic heterocycles. The molecule has 0 saturated heterocycles. The maximum absolute atomic E-state index is 13.4. The molecule has 1 aromatic heterocycles. The molecule has 4 unspecified atom stereocenters. The number of aromatic nitrogens is 1. The van der Waals surface area contributed by atoms with Gasteiger partial charge in [-0.3, -0.25) is 24.0 Å². The lowest BCUT2D eigenvalue weighted by Gasteiger charge is -2.26. The molecule has 1 heterocycles. The molecule has 2 rings (SSSR count). The number of nitrogens with two attached hydrogens (primary N) is 2. The van der Waals surface area contributed by atoms with Crippen LogP contribution in [0, 0.1) is 5.92 Å². The predicted molar refractivity (Wildman–Crippen MR) is 144 cm³/mol. The van der Waals surface area contributed by atoms with Crippen LogP contribution in [0.2, 0.25) is 0 Å². The maximum Gasteiger partial charge on any atom is 0.326 e. The van der Waals surface area contributed by atoms with Gasteiger partial charge in [-0.15, -0.1) is 0 Å². The zero-order valence-electron chi connectivity index (χ0n) is 22.3. The number of hydrogen-bond acceptors (Lipinski definition) is 7. The van der Waals surface area contributed by atoms with Crippen molar-refractivity contribution in [3.8, 4) is 0 Å². The number of para-hydroxylation sites is 1. The Balaban J connectivity index is 2.32. The van der Waals surface area contributed by atoms with Crippen LogP contribution >= 0.6 is 0 Å². The van der Waals surface area contributed by atoms with E-state index in [0.717, 1.165) is 10.9 Å². The summed E-state index contributed by atoms with van der Waals surface area (Å²) in [6, 6.07) is 2.17. The number of H-pyrrole nitrogens is 1. The first kappa shape index (κ1) is 31.8. The molecule has 0 saturated carbocycles. The number of nitrogens with one attached hydrogen (secondary N) is 4. The number of fused-ring (bicyclic) bond motifs is 1. The maximum atomic E-state index is 13.4. The zero-order valence-corrected chi connectivity index (χ0v) is 22.3. The topological polar surface area (TPSA) is 247 Å². The number of benzene rings is 1. The Kier molecular flexibility index (Phi) is 11.6. The van der Waals surface area contributed by atoms with Crippen LogP contribution in [-0.4, -0.2) is 74.9 Å². The van der Waals surface area contributed by atoms with Gasteiger partial charge in [0.1, 0.15) is 18.1 Å². The predicted octanol–water partition coefficient (Wildman–Crippen LogP) is -0.637. The molecule has 0 radical (unpaired) electrons.